The lowest BCUT2D eigenvalue weighted by Crippen LogP contribution is -2.19. The van der Waals surface area contributed by atoms with Gasteiger partial charge >= 0.3 is 22.4 Å². The molecule has 0 aliphatic rings. The number of hydrogen-bond donors (Lipinski definition) is 6. The van der Waals surface area contributed by atoms with E-state index in [4.69, 9.17) is 15.0 Å². The van der Waals surface area contributed by atoms with Crippen molar-refractivity contribution in [1.82, 2.24) is 0 Å². The third-order valence-corrected chi connectivity index (χ3v) is 9.20. The molecule has 4 aromatic rings. The average molecular weight is 771 g/mol. The number of benzene rings is 4. The van der Waals surface area contributed by atoms with Crippen LogP contribution in [0.4, 0.5) is 44.6 Å². The summed E-state index contributed by atoms with van der Waals surface area (Å²) in [5.74, 6) is -3.92. The van der Waals surface area contributed by atoms with Crippen LogP contribution >= 0.6 is 0 Å². The third kappa shape index (κ3) is 10.4. The number of azo groups is 3. The Kier molecular flexibility index (Phi) is 12.1. The summed E-state index contributed by atoms with van der Waals surface area (Å²) in [5.41, 5.74) is 5.27. The first-order valence-corrected chi connectivity index (χ1v) is 17.8. The van der Waals surface area contributed by atoms with E-state index in [1.807, 2.05) is 6.92 Å². The van der Waals surface area contributed by atoms with E-state index in [9.17, 15) is 41.7 Å². The second kappa shape index (κ2) is 16.3. The summed E-state index contributed by atoms with van der Waals surface area (Å²) in [4.78, 5) is 23.4. The van der Waals surface area contributed by atoms with Gasteiger partial charge in [0.1, 0.15) is 28.6 Å². The minimum absolute atomic E-state index is 0.0248. The molecular formula is C31H30N8O12S2. The van der Waals surface area contributed by atoms with Crippen LogP contribution in [0, 0.1) is 13.8 Å². The summed E-state index contributed by atoms with van der Waals surface area (Å²) in [5, 5.41) is 57.2. The van der Waals surface area contributed by atoms with E-state index in [0.29, 0.717) is 5.69 Å². The standard InChI is InChI=1S/C31H30N8O12S2/c1-16-4-6-18(7-5-16)34-38-27-20(30(42)43)14-24(40)28(29(27)41)39-35-19-8-9-21(22(13-19)33-31(32)44)36-37-23-12-17(2)26(15-25(23)50-3)52(45,46)11-10-51-53(47,48)49/h4-9,12-15,40-41H,10-11H2,1-3H3,(H,42,43)(H3,32,33,44)(H,47,48,49). The van der Waals surface area contributed by atoms with Gasteiger partial charge in [0.2, 0.25) is 0 Å². The van der Waals surface area contributed by atoms with Gasteiger partial charge in [0.25, 0.3) is 0 Å². The number of carboxylic acid groups (broad SMARTS) is 1. The molecule has 0 bridgehead atoms. The maximum Gasteiger partial charge on any atom is 0.397 e. The van der Waals surface area contributed by atoms with Crippen LogP contribution in [0.3, 0.4) is 0 Å². The van der Waals surface area contributed by atoms with Gasteiger partial charge in [-0.1, -0.05) is 17.7 Å². The Morgan fingerprint density at radius 2 is 1.43 bits per heavy atom. The van der Waals surface area contributed by atoms with Crippen molar-refractivity contribution in [3.05, 3.63) is 77.4 Å². The Balaban J connectivity index is 1.66. The van der Waals surface area contributed by atoms with Gasteiger partial charge in [0, 0.05) is 6.07 Å². The van der Waals surface area contributed by atoms with Crippen molar-refractivity contribution in [2.24, 2.45) is 36.4 Å². The second-order valence-corrected chi connectivity index (χ2v) is 13.9. The molecule has 0 radical (unpaired) electrons. The molecule has 4 aromatic carbocycles. The molecule has 0 saturated heterocycles. The van der Waals surface area contributed by atoms with Crippen LogP contribution in [0.1, 0.15) is 21.5 Å². The van der Waals surface area contributed by atoms with Crippen molar-refractivity contribution in [2.45, 2.75) is 18.7 Å². The summed E-state index contributed by atoms with van der Waals surface area (Å²) in [6.07, 6.45) is 0. The van der Waals surface area contributed by atoms with Crippen LogP contribution in [0.15, 0.2) is 96.2 Å². The molecule has 0 spiro atoms. The van der Waals surface area contributed by atoms with E-state index < -0.39 is 73.0 Å². The smallest absolute Gasteiger partial charge is 0.397 e. The molecule has 278 valence electrons. The Morgan fingerprint density at radius 1 is 0.811 bits per heavy atom. The predicted molar refractivity (Wildman–Crippen MR) is 187 cm³/mol. The Morgan fingerprint density at radius 3 is 2.06 bits per heavy atom. The molecule has 20 nitrogen and oxygen atoms in total. The third-order valence-electron chi connectivity index (χ3n) is 6.92. The minimum Gasteiger partial charge on any atom is -0.505 e. The molecule has 2 amide bonds. The number of phenols is 2. The first-order valence-electron chi connectivity index (χ1n) is 14.8. The molecule has 0 unspecified atom stereocenters. The Labute approximate surface area is 301 Å². The van der Waals surface area contributed by atoms with Gasteiger partial charge in [-0.3, -0.25) is 4.55 Å². The van der Waals surface area contributed by atoms with Crippen molar-refractivity contribution in [1.29, 1.82) is 0 Å². The molecule has 0 aromatic heterocycles. The molecule has 0 aliphatic carbocycles. The Hall–Kier alpha value is -6.36. The number of hydrogen-bond acceptors (Lipinski definition) is 16. The number of nitrogens with zero attached hydrogens (tertiary/aromatic N) is 6. The van der Waals surface area contributed by atoms with E-state index in [2.05, 4.69) is 40.2 Å². The number of carbonyl (C=O) groups is 2. The van der Waals surface area contributed by atoms with Crippen molar-refractivity contribution < 1.29 is 55.2 Å². The average Bonchev–Trinajstić information content (AvgIpc) is 3.06. The van der Waals surface area contributed by atoms with Crippen LogP contribution in [0.25, 0.3) is 0 Å². The first kappa shape index (κ1) is 39.4. The fourth-order valence-corrected chi connectivity index (χ4v) is 6.19. The Bertz CT molecular complexity index is 2380. The van der Waals surface area contributed by atoms with Gasteiger partial charge in [0.15, 0.2) is 21.3 Å². The minimum atomic E-state index is -4.85. The number of methoxy groups -OCH3 is 1. The predicted octanol–water partition coefficient (Wildman–Crippen LogP) is 6.75. The zero-order chi connectivity index (χ0) is 39.1. The van der Waals surface area contributed by atoms with Gasteiger partial charge in [-0.15, -0.1) is 20.5 Å². The van der Waals surface area contributed by atoms with Crippen LogP contribution in [0.5, 0.6) is 17.2 Å². The maximum absolute atomic E-state index is 12.8. The number of ether oxygens (including phenoxy) is 1. The monoisotopic (exact) mass is 770 g/mol. The van der Waals surface area contributed by atoms with E-state index in [1.165, 1.54) is 38.3 Å². The molecule has 53 heavy (non-hydrogen) atoms. The lowest BCUT2D eigenvalue weighted by Gasteiger charge is -2.12. The quantitative estimate of drug-likeness (QED) is 0.0573. The number of amides is 2. The van der Waals surface area contributed by atoms with Crippen molar-refractivity contribution in [2.75, 3.05) is 24.8 Å². The molecule has 0 aliphatic heterocycles. The normalized spacial score (nSPS) is 12.2. The summed E-state index contributed by atoms with van der Waals surface area (Å²) in [6.45, 7) is 2.46. The summed E-state index contributed by atoms with van der Waals surface area (Å²) in [6, 6.07) is 13.0. The van der Waals surface area contributed by atoms with Crippen LogP contribution in [-0.4, -0.2) is 68.2 Å². The van der Waals surface area contributed by atoms with E-state index >= 15 is 0 Å². The summed E-state index contributed by atoms with van der Waals surface area (Å²) < 4.78 is 65.3. The van der Waals surface area contributed by atoms with Crippen LogP contribution in [0.2, 0.25) is 0 Å². The number of phenolic OH excluding ortho intramolecular Hbond substituents is 2. The van der Waals surface area contributed by atoms with Gasteiger partial charge in [-0.05, 0) is 61.9 Å². The lowest BCUT2D eigenvalue weighted by atomic mass is 10.1. The summed E-state index contributed by atoms with van der Waals surface area (Å²) >= 11 is 0. The van der Waals surface area contributed by atoms with Gasteiger partial charge in [-0.2, -0.15) is 18.6 Å². The highest BCUT2D eigenvalue weighted by Crippen LogP contribution is 2.47. The number of urea groups is 1. The van der Waals surface area contributed by atoms with E-state index in [-0.39, 0.29) is 39.0 Å². The number of aromatic carboxylic acids is 1. The number of anilines is 1. The zero-order valence-corrected chi connectivity index (χ0v) is 29.5. The largest absolute Gasteiger partial charge is 0.505 e. The second-order valence-electron chi connectivity index (χ2n) is 10.8. The van der Waals surface area contributed by atoms with Crippen LogP contribution < -0.4 is 15.8 Å². The van der Waals surface area contributed by atoms with Gasteiger partial charge < -0.3 is 31.1 Å². The number of aromatic hydroxyl groups is 2. The number of nitrogens with one attached hydrogen (secondary N) is 1. The molecule has 0 heterocycles. The molecule has 7 N–H and O–H groups in total. The molecule has 4 rings (SSSR count). The molecule has 0 atom stereocenters. The topological polar surface area (TPSA) is 314 Å². The van der Waals surface area contributed by atoms with Crippen molar-refractivity contribution in [3.63, 3.8) is 0 Å². The number of carboxylic acids is 1. The van der Waals surface area contributed by atoms with Crippen molar-refractivity contribution in [3.8, 4) is 17.2 Å². The van der Waals surface area contributed by atoms with Gasteiger partial charge in [0.05, 0.1) is 47.0 Å². The van der Waals surface area contributed by atoms with Crippen LogP contribution in [-0.2, 0) is 24.4 Å². The highest BCUT2D eigenvalue weighted by Gasteiger charge is 2.23. The lowest BCUT2D eigenvalue weighted by molar-refractivity contribution is 0.0696. The SMILES string of the molecule is COc1cc(S(=O)(=O)CCOS(=O)(=O)O)c(C)cc1N=Nc1ccc(N=Nc2c(O)cc(C(=O)O)c(N=Nc3ccc(C)cc3)c2O)cc1NC(N)=O. The molecule has 0 saturated carbocycles. The van der Waals surface area contributed by atoms with E-state index in [0.717, 1.165) is 17.7 Å². The first-order chi connectivity index (χ1) is 24.9. The highest BCUT2D eigenvalue weighted by atomic mass is 32.3. The molecule has 0 fully saturated rings. The summed E-state index contributed by atoms with van der Waals surface area (Å²) in [7, 11) is -7.72. The number of carbonyl (C=O) groups excluding carboxylic acids is 1. The van der Waals surface area contributed by atoms with E-state index in [1.54, 1.807) is 24.3 Å². The molecular weight excluding hydrogens is 741 g/mol. The number of rotatable bonds is 14. The maximum atomic E-state index is 12.8. The van der Waals surface area contributed by atoms with Crippen molar-refractivity contribution >= 4 is 72.0 Å². The highest BCUT2D eigenvalue weighted by molar-refractivity contribution is 7.91. The van der Waals surface area contributed by atoms with Gasteiger partial charge in [-0.25, -0.2) is 22.2 Å². The fraction of sp³-hybridized carbons (Fsp3) is 0.161. The number of nitrogens with two attached hydrogens (primary N) is 1. The number of sulfone groups is 1. The zero-order valence-electron chi connectivity index (χ0n) is 27.8. The number of primary amides is 1. The molecule has 22 heteroatoms. The number of aryl methyl sites for hydroxylation is 2. The fourth-order valence-electron chi connectivity index (χ4n) is 4.43.